The molecule has 3 aliphatic carbocycles. The highest BCUT2D eigenvalue weighted by atomic mass is 16.7. The Hall–Kier alpha value is -2.96. The lowest BCUT2D eigenvalue weighted by Gasteiger charge is -2.67. The lowest BCUT2D eigenvalue weighted by molar-refractivity contribution is -0.296. The van der Waals surface area contributed by atoms with Crippen LogP contribution in [0.25, 0.3) is 0 Å². The molecule has 3 saturated heterocycles. The second-order valence-corrected chi connectivity index (χ2v) is 14.1. The molecule has 0 aromatic heterocycles. The molecular weight excluding hydrogens is 628 g/mol. The van der Waals surface area contributed by atoms with Crippen LogP contribution in [0.4, 0.5) is 0 Å². The van der Waals surface area contributed by atoms with Gasteiger partial charge in [-0.3, -0.25) is 4.79 Å². The third-order valence-corrected chi connectivity index (χ3v) is 11.4. The van der Waals surface area contributed by atoms with E-state index in [1.165, 1.54) is 6.08 Å². The average molecular weight is 669 g/mol. The second-order valence-electron chi connectivity index (χ2n) is 14.1. The molecule has 6 aliphatic rings. The first-order valence-corrected chi connectivity index (χ1v) is 15.5. The summed E-state index contributed by atoms with van der Waals surface area (Å²) in [6.07, 6.45) is -12.7. The van der Waals surface area contributed by atoms with Crippen LogP contribution >= 0.6 is 0 Å². The molecule has 2 bridgehead atoms. The Kier molecular flexibility index (Phi) is 8.16. The third-order valence-electron chi connectivity index (χ3n) is 11.4. The number of aliphatic hydroxyl groups is 6. The van der Waals surface area contributed by atoms with Gasteiger partial charge in [-0.05, 0) is 37.7 Å². The Morgan fingerprint density at radius 2 is 1.72 bits per heavy atom. The number of carbonyl (C=O) groups excluding carboxylic acids is 3. The summed E-state index contributed by atoms with van der Waals surface area (Å²) < 4.78 is 28.6. The molecule has 47 heavy (non-hydrogen) atoms. The second kappa shape index (κ2) is 11.3. The van der Waals surface area contributed by atoms with Gasteiger partial charge in [-0.15, -0.1) is 0 Å². The summed E-state index contributed by atoms with van der Waals surface area (Å²) in [6.45, 7) is 5.32. The van der Waals surface area contributed by atoms with E-state index in [1.807, 2.05) is 0 Å². The first kappa shape index (κ1) is 33.9. The van der Waals surface area contributed by atoms with Crippen molar-refractivity contribution in [1.82, 2.24) is 0 Å². The van der Waals surface area contributed by atoms with Crippen molar-refractivity contribution in [1.29, 1.82) is 0 Å². The fourth-order valence-corrected chi connectivity index (χ4v) is 9.43. The van der Waals surface area contributed by atoms with Crippen LogP contribution < -0.4 is 0 Å². The molecular formula is C31H40O16. The zero-order valence-electron chi connectivity index (χ0n) is 26.1. The number of carboxylic acids is 1. The van der Waals surface area contributed by atoms with E-state index in [-0.39, 0.29) is 12.2 Å². The van der Waals surface area contributed by atoms with Crippen molar-refractivity contribution in [3.05, 3.63) is 23.5 Å². The topological polar surface area (TPSA) is 256 Å². The number of carbonyl (C=O) groups is 4. The number of ketones is 1. The van der Waals surface area contributed by atoms with Gasteiger partial charge in [-0.25, -0.2) is 14.4 Å². The van der Waals surface area contributed by atoms with Crippen molar-refractivity contribution in [3.63, 3.8) is 0 Å². The lowest BCUT2D eigenvalue weighted by atomic mass is 9.38. The van der Waals surface area contributed by atoms with Crippen LogP contribution in [0.5, 0.6) is 0 Å². The van der Waals surface area contributed by atoms with Crippen LogP contribution in [0.2, 0.25) is 0 Å². The molecule has 16 heteroatoms. The number of Topliss-reactive ketones (excluding diaryl/α,β-unsaturated/α-hetero) is 1. The number of aliphatic hydroxyl groups excluding tert-OH is 6. The number of allylic oxidation sites excluding steroid dienone is 3. The number of rotatable bonds is 6. The standard InChI is InChI=1S/C31H40O16/c1-10(2)5-16(33)47-22-24-30-9-43-31(24,28(41)42)25(39)21(38)23(30)29(4)7-13(17(34)11(3)12(29)6-15(30)46-26(22)40)44-27-20(37)19(36)18(35)14(8-32)45-27/h5,7,11-12,14-15,18-25,27,32,35-39H,6,8-9H2,1-4H3,(H,41,42)/t11-,12-,14?,15+,18?,19?,20?,21+,22+,23+,24+,25-,27?,29-,30+,31-/m0/s1. The Balaban J connectivity index is 1.47. The van der Waals surface area contributed by atoms with Gasteiger partial charge < -0.3 is 59.4 Å². The smallest absolute Gasteiger partial charge is 0.348 e. The number of aliphatic carboxylic acids is 1. The van der Waals surface area contributed by atoms with E-state index in [0.29, 0.717) is 5.57 Å². The van der Waals surface area contributed by atoms with Gasteiger partial charge in [0.15, 0.2) is 11.5 Å². The molecule has 3 aliphatic heterocycles. The van der Waals surface area contributed by atoms with Gasteiger partial charge in [0, 0.05) is 23.3 Å². The van der Waals surface area contributed by atoms with Gasteiger partial charge in [0.2, 0.25) is 18.0 Å². The Morgan fingerprint density at radius 1 is 1.04 bits per heavy atom. The van der Waals surface area contributed by atoms with Crippen molar-refractivity contribution >= 4 is 23.7 Å². The molecule has 1 spiro atoms. The predicted molar refractivity (Wildman–Crippen MR) is 150 cm³/mol. The SMILES string of the molecule is CC(C)=CC(=O)O[C@H]1C(=O)O[C@@H]2C[C@H]3[C@H](C)C(=O)C(OC4OC(CO)C(O)C(O)C4O)=C[C@]3(C)[C@H]3[C@@H](O)[C@H](O)[C@@]4(C(=O)O)OC[C@]32[C@@H]14. The van der Waals surface area contributed by atoms with Crippen molar-refractivity contribution < 1.29 is 78.6 Å². The van der Waals surface area contributed by atoms with Gasteiger partial charge >= 0.3 is 17.9 Å². The zero-order chi connectivity index (χ0) is 34.5. The predicted octanol–water partition coefficient (Wildman–Crippen LogP) is -2.46. The molecule has 7 N–H and O–H groups in total. The molecule has 0 aromatic rings. The fraction of sp³-hybridized carbons (Fsp3) is 0.742. The van der Waals surface area contributed by atoms with E-state index in [4.69, 9.17) is 23.7 Å². The number of hydrogen-bond acceptors (Lipinski definition) is 15. The molecule has 3 heterocycles. The normalized spacial score (nSPS) is 49.9. The minimum absolute atomic E-state index is 0.00247. The fourth-order valence-electron chi connectivity index (χ4n) is 9.43. The van der Waals surface area contributed by atoms with Crippen LogP contribution in [0.15, 0.2) is 23.5 Å². The summed E-state index contributed by atoms with van der Waals surface area (Å²) >= 11 is 0. The Morgan fingerprint density at radius 3 is 2.34 bits per heavy atom. The van der Waals surface area contributed by atoms with Crippen LogP contribution in [-0.4, -0.2) is 133 Å². The number of hydrogen-bond donors (Lipinski definition) is 7. The minimum Gasteiger partial charge on any atom is -0.479 e. The molecule has 5 fully saturated rings. The van der Waals surface area contributed by atoms with E-state index in [1.54, 1.807) is 27.7 Å². The lowest BCUT2D eigenvalue weighted by Crippen LogP contribution is -2.79. The maximum atomic E-state index is 13.7. The molecule has 16 atom stereocenters. The highest BCUT2D eigenvalue weighted by Crippen LogP contribution is 2.72. The Labute approximate surface area is 268 Å². The zero-order valence-corrected chi connectivity index (χ0v) is 26.1. The number of ether oxygens (including phenoxy) is 5. The number of fused-ring (bicyclic) bond motifs is 2. The van der Waals surface area contributed by atoms with Gasteiger partial charge in [-0.2, -0.15) is 0 Å². The van der Waals surface area contributed by atoms with E-state index in [0.717, 1.165) is 6.08 Å². The monoisotopic (exact) mass is 668 g/mol. The van der Waals surface area contributed by atoms with E-state index < -0.39 is 132 Å². The first-order valence-electron chi connectivity index (χ1n) is 15.5. The van der Waals surface area contributed by atoms with Crippen LogP contribution in [0, 0.1) is 34.5 Å². The number of esters is 2. The average Bonchev–Trinajstić information content (AvgIpc) is 3.31. The largest absolute Gasteiger partial charge is 0.479 e. The maximum absolute atomic E-state index is 13.7. The summed E-state index contributed by atoms with van der Waals surface area (Å²) in [4.78, 5) is 53.0. The third kappa shape index (κ3) is 4.49. The van der Waals surface area contributed by atoms with Crippen molar-refractivity contribution in [2.45, 2.75) is 94.8 Å². The molecule has 6 rings (SSSR count). The molecule has 5 unspecified atom stereocenters. The summed E-state index contributed by atoms with van der Waals surface area (Å²) in [7, 11) is 0. The molecule has 0 amide bonds. The van der Waals surface area contributed by atoms with E-state index in [9.17, 15) is 54.9 Å². The van der Waals surface area contributed by atoms with Gasteiger partial charge in [0.25, 0.3) is 0 Å². The summed E-state index contributed by atoms with van der Waals surface area (Å²) in [5.74, 6) is -8.84. The number of carboxylic acid groups (broad SMARTS) is 1. The minimum atomic E-state index is -2.57. The first-order chi connectivity index (χ1) is 22.0. The summed E-state index contributed by atoms with van der Waals surface area (Å²) in [6, 6.07) is 0. The molecule has 2 saturated carbocycles. The van der Waals surface area contributed by atoms with Crippen molar-refractivity contribution in [3.8, 4) is 0 Å². The van der Waals surface area contributed by atoms with Crippen LogP contribution in [-0.2, 0) is 42.9 Å². The highest BCUT2D eigenvalue weighted by Gasteiger charge is 2.85. The molecule has 0 aromatic carbocycles. The highest BCUT2D eigenvalue weighted by molar-refractivity contribution is 5.97. The van der Waals surface area contributed by atoms with Crippen LogP contribution in [0.1, 0.15) is 34.1 Å². The van der Waals surface area contributed by atoms with E-state index in [2.05, 4.69) is 0 Å². The molecule has 260 valence electrons. The van der Waals surface area contributed by atoms with Gasteiger partial charge in [0.1, 0.15) is 36.6 Å². The maximum Gasteiger partial charge on any atom is 0.348 e. The molecule has 16 nitrogen and oxygen atoms in total. The van der Waals surface area contributed by atoms with Crippen molar-refractivity contribution in [2.24, 2.45) is 34.5 Å². The van der Waals surface area contributed by atoms with Gasteiger partial charge in [0.05, 0.1) is 25.2 Å². The molecule has 0 radical (unpaired) electrons. The summed E-state index contributed by atoms with van der Waals surface area (Å²) in [5, 5.41) is 74.6. The van der Waals surface area contributed by atoms with Crippen molar-refractivity contribution in [2.75, 3.05) is 13.2 Å². The quantitative estimate of drug-likeness (QED) is 0.114. The summed E-state index contributed by atoms with van der Waals surface area (Å²) in [5.41, 5.74) is -4.90. The van der Waals surface area contributed by atoms with E-state index >= 15 is 0 Å². The van der Waals surface area contributed by atoms with Gasteiger partial charge in [-0.1, -0.05) is 19.4 Å². The Bertz CT molecular complexity index is 1420. The van der Waals surface area contributed by atoms with Crippen LogP contribution in [0.3, 0.4) is 0 Å².